The smallest absolute Gasteiger partial charge is 0.246 e. The van der Waals surface area contributed by atoms with Gasteiger partial charge < -0.3 is 10.2 Å². The molecule has 0 aromatic heterocycles. The number of hydrogen-bond acceptors (Lipinski definition) is 3. The van der Waals surface area contributed by atoms with Crippen LogP contribution in [0.4, 0.5) is 0 Å². The molecule has 0 aromatic carbocycles. The molecule has 1 heterocycles. The van der Waals surface area contributed by atoms with Crippen LogP contribution in [0.15, 0.2) is 0 Å². The standard InChI is InChI=1S/C16H28N2O2S/c1-6-12-14(19)17-13(16(2,3)4)15(20)18(12)10-7-8-11(9-10)21-5/h10-13H,6-9H2,1-5H3,(H,17,19). The molecule has 1 aliphatic heterocycles. The Morgan fingerprint density at radius 1 is 1.29 bits per heavy atom. The van der Waals surface area contributed by atoms with Crippen LogP contribution in [-0.2, 0) is 9.59 Å². The van der Waals surface area contributed by atoms with E-state index in [0.717, 1.165) is 19.3 Å². The van der Waals surface area contributed by atoms with Crippen molar-refractivity contribution >= 4 is 23.6 Å². The normalized spacial score (nSPS) is 34.2. The van der Waals surface area contributed by atoms with Crippen LogP contribution >= 0.6 is 11.8 Å². The third-order valence-electron chi connectivity index (χ3n) is 4.76. The van der Waals surface area contributed by atoms with Crippen molar-refractivity contribution in [3.05, 3.63) is 0 Å². The minimum absolute atomic E-state index is 0.0182. The van der Waals surface area contributed by atoms with Crippen LogP contribution in [0.2, 0.25) is 0 Å². The molecule has 1 N–H and O–H groups in total. The first-order valence-electron chi connectivity index (χ1n) is 7.95. The van der Waals surface area contributed by atoms with Crippen LogP contribution in [-0.4, -0.2) is 46.3 Å². The predicted molar refractivity (Wildman–Crippen MR) is 87.3 cm³/mol. The highest BCUT2D eigenvalue weighted by atomic mass is 32.2. The van der Waals surface area contributed by atoms with E-state index in [1.165, 1.54) is 0 Å². The predicted octanol–water partition coefficient (Wildman–Crippen LogP) is 2.42. The van der Waals surface area contributed by atoms with Crippen molar-refractivity contribution in [2.75, 3.05) is 6.26 Å². The van der Waals surface area contributed by atoms with E-state index in [1.807, 2.05) is 44.4 Å². The molecule has 2 rings (SSSR count). The van der Waals surface area contributed by atoms with Gasteiger partial charge in [-0.1, -0.05) is 27.7 Å². The third-order valence-corrected chi connectivity index (χ3v) is 5.86. The average molecular weight is 312 g/mol. The SMILES string of the molecule is CCC1C(=O)NC(C(C)(C)C)C(=O)N1C1CCC(SC)C1. The summed E-state index contributed by atoms with van der Waals surface area (Å²) in [6.07, 6.45) is 6.02. The lowest BCUT2D eigenvalue weighted by molar-refractivity contribution is -0.155. The van der Waals surface area contributed by atoms with E-state index in [0.29, 0.717) is 11.7 Å². The van der Waals surface area contributed by atoms with E-state index in [4.69, 9.17) is 0 Å². The Morgan fingerprint density at radius 2 is 1.95 bits per heavy atom. The molecule has 1 saturated heterocycles. The van der Waals surface area contributed by atoms with Crippen molar-refractivity contribution in [2.24, 2.45) is 5.41 Å². The maximum Gasteiger partial charge on any atom is 0.246 e. The topological polar surface area (TPSA) is 49.4 Å². The molecule has 0 radical (unpaired) electrons. The third kappa shape index (κ3) is 3.22. The van der Waals surface area contributed by atoms with E-state index in [1.54, 1.807) is 0 Å². The molecule has 2 fully saturated rings. The van der Waals surface area contributed by atoms with Crippen molar-refractivity contribution in [3.63, 3.8) is 0 Å². The fourth-order valence-corrected chi connectivity index (χ4v) is 4.30. The summed E-state index contributed by atoms with van der Waals surface area (Å²) in [5.41, 5.74) is -0.249. The molecule has 2 aliphatic rings. The van der Waals surface area contributed by atoms with Gasteiger partial charge in [-0.25, -0.2) is 0 Å². The first-order chi connectivity index (χ1) is 9.79. The molecule has 0 aromatic rings. The molecule has 1 saturated carbocycles. The lowest BCUT2D eigenvalue weighted by Gasteiger charge is -2.45. The second-order valence-electron chi connectivity index (χ2n) is 7.30. The molecule has 120 valence electrons. The van der Waals surface area contributed by atoms with Gasteiger partial charge in [0.1, 0.15) is 12.1 Å². The Kier molecular flexibility index (Phi) is 4.91. The zero-order chi connectivity index (χ0) is 15.8. The summed E-state index contributed by atoms with van der Waals surface area (Å²) in [7, 11) is 0. The fraction of sp³-hybridized carbons (Fsp3) is 0.875. The molecule has 5 heteroatoms. The number of carbonyl (C=O) groups is 2. The number of piperazine rings is 1. The van der Waals surface area contributed by atoms with Crippen molar-refractivity contribution in [3.8, 4) is 0 Å². The van der Waals surface area contributed by atoms with E-state index in [2.05, 4.69) is 11.6 Å². The minimum atomic E-state index is -0.402. The second-order valence-corrected chi connectivity index (χ2v) is 8.44. The fourth-order valence-electron chi connectivity index (χ4n) is 3.52. The highest BCUT2D eigenvalue weighted by molar-refractivity contribution is 7.99. The van der Waals surface area contributed by atoms with E-state index in [9.17, 15) is 9.59 Å². The maximum absolute atomic E-state index is 13.0. The number of nitrogens with zero attached hydrogens (tertiary/aromatic N) is 1. The Morgan fingerprint density at radius 3 is 2.43 bits per heavy atom. The Labute approximate surface area is 132 Å². The maximum atomic E-state index is 13.0. The molecule has 4 nitrogen and oxygen atoms in total. The average Bonchev–Trinajstić information content (AvgIpc) is 2.87. The first kappa shape index (κ1) is 16.7. The van der Waals surface area contributed by atoms with Crippen LogP contribution < -0.4 is 5.32 Å². The Balaban J connectivity index is 2.25. The molecule has 1 aliphatic carbocycles. The van der Waals surface area contributed by atoms with E-state index in [-0.39, 0.29) is 29.3 Å². The summed E-state index contributed by atoms with van der Waals surface area (Å²) < 4.78 is 0. The number of hydrogen-bond donors (Lipinski definition) is 1. The Hall–Kier alpha value is -0.710. The molecular weight excluding hydrogens is 284 g/mol. The molecule has 4 atom stereocenters. The van der Waals surface area contributed by atoms with Gasteiger partial charge in [0.05, 0.1) is 0 Å². The molecule has 2 amide bonds. The number of rotatable bonds is 3. The number of nitrogens with one attached hydrogen (secondary N) is 1. The first-order valence-corrected chi connectivity index (χ1v) is 9.23. The summed E-state index contributed by atoms with van der Waals surface area (Å²) >= 11 is 1.88. The molecular formula is C16H28N2O2S. The van der Waals surface area contributed by atoms with Gasteiger partial charge in [-0.3, -0.25) is 9.59 Å². The second kappa shape index (κ2) is 6.19. The Bertz CT molecular complexity index is 419. The van der Waals surface area contributed by atoms with Gasteiger partial charge >= 0.3 is 0 Å². The highest BCUT2D eigenvalue weighted by Gasteiger charge is 2.48. The lowest BCUT2D eigenvalue weighted by atomic mass is 9.83. The van der Waals surface area contributed by atoms with Gasteiger partial charge in [0.2, 0.25) is 11.8 Å². The number of thioether (sulfide) groups is 1. The lowest BCUT2D eigenvalue weighted by Crippen LogP contribution is -2.68. The quantitative estimate of drug-likeness (QED) is 0.871. The zero-order valence-corrected chi connectivity index (χ0v) is 14.6. The molecule has 0 spiro atoms. The summed E-state index contributed by atoms with van der Waals surface area (Å²) in [6, 6.07) is -0.460. The molecule has 0 bridgehead atoms. The largest absolute Gasteiger partial charge is 0.342 e. The monoisotopic (exact) mass is 312 g/mol. The van der Waals surface area contributed by atoms with Crippen molar-refractivity contribution in [1.82, 2.24) is 10.2 Å². The van der Waals surface area contributed by atoms with Crippen LogP contribution in [0.5, 0.6) is 0 Å². The van der Waals surface area contributed by atoms with Crippen molar-refractivity contribution in [1.29, 1.82) is 0 Å². The summed E-state index contributed by atoms with van der Waals surface area (Å²) in [4.78, 5) is 27.3. The molecule has 4 unspecified atom stereocenters. The van der Waals surface area contributed by atoms with Gasteiger partial charge in [-0.2, -0.15) is 11.8 Å². The zero-order valence-electron chi connectivity index (χ0n) is 13.8. The number of amides is 2. The van der Waals surface area contributed by atoms with Crippen LogP contribution in [0.1, 0.15) is 53.4 Å². The van der Waals surface area contributed by atoms with Crippen LogP contribution in [0, 0.1) is 5.41 Å². The van der Waals surface area contributed by atoms with Crippen molar-refractivity contribution < 1.29 is 9.59 Å². The van der Waals surface area contributed by atoms with Gasteiger partial charge in [0.15, 0.2) is 0 Å². The minimum Gasteiger partial charge on any atom is -0.342 e. The molecule has 21 heavy (non-hydrogen) atoms. The van der Waals surface area contributed by atoms with Crippen LogP contribution in [0.3, 0.4) is 0 Å². The van der Waals surface area contributed by atoms with E-state index >= 15 is 0 Å². The van der Waals surface area contributed by atoms with E-state index < -0.39 is 6.04 Å². The van der Waals surface area contributed by atoms with Crippen LogP contribution in [0.25, 0.3) is 0 Å². The summed E-state index contributed by atoms with van der Waals surface area (Å²) in [5, 5.41) is 3.57. The van der Waals surface area contributed by atoms with Gasteiger partial charge in [-0.15, -0.1) is 0 Å². The van der Waals surface area contributed by atoms with Crippen molar-refractivity contribution in [2.45, 2.75) is 76.8 Å². The highest BCUT2D eigenvalue weighted by Crippen LogP contribution is 2.35. The van der Waals surface area contributed by atoms with Gasteiger partial charge in [0.25, 0.3) is 0 Å². The number of carbonyl (C=O) groups excluding carboxylic acids is 2. The van der Waals surface area contributed by atoms with Gasteiger partial charge in [0, 0.05) is 11.3 Å². The summed E-state index contributed by atoms with van der Waals surface area (Å²) in [5.74, 6) is 0.130. The summed E-state index contributed by atoms with van der Waals surface area (Å²) in [6.45, 7) is 8.03. The van der Waals surface area contributed by atoms with Gasteiger partial charge in [-0.05, 0) is 37.4 Å².